The van der Waals surface area contributed by atoms with Crippen LogP contribution in [0, 0.1) is 21.4 Å². The topological polar surface area (TPSA) is 124 Å². The number of carbonyl (C=O) groups is 1. The van der Waals surface area contributed by atoms with Crippen molar-refractivity contribution in [3.05, 3.63) is 128 Å². The van der Waals surface area contributed by atoms with Gasteiger partial charge in [0.25, 0.3) is 11.6 Å². The Kier molecular flexibility index (Phi) is 10.1. The van der Waals surface area contributed by atoms with Crippen LogP contribution in [-0.4, -0.2) is 17.4 Å². The van der Waals surface area contributed by atoms with Gasteiger partial charge in [-0.3, -0.25) is 14.9 Å². The number of ether oxygens (including phenoxy) is 3. The van der Waals surface area contributed by atoms with Gasteiger partial charge < -0.3 is 19.5 Å². The van der Waals surface area contributed by atoms with E-state index in [1.807, 2.05) is 31.2 Å². The van der Waals surface area contributed by atoms with Crippen molar-refractivity contribution < 1.29 is 23.9 Å². The molecule has 4 rings (SSSR count). The molecule has 0 heterocycles. The van der Waals surface area contributed by atoms with Crippen molar-refractivity contribution in [1.82, 2.24) is 0 Å². The van der Waals surface area contributed by atoms with Gasteiger partial charge >= 0.3 is 0 Å². The second kappa shape index (κ2) is 14.3. The number of rotatable bonds is 12. The van der Waals surface area contributed by atoms with Gasteiger partial charge in [-0.1, -0.05) is 35.9 Å². The summed E-state index contributed by atoms with van der Waals surface area (Å²) in [6.45, 7) is 2.66. The van der Waals surface area contributed by atoms with Crippen LogP contribution < -0.4 is 19.5 Å². The molecule has 0 aliphatic rings. The van der Waals surface area contributed by atoms with Gasteiger partial charge in [0, 0.05) is 28.4 Å². The van der Waals surface area contributed by atoms with E-state index in [0.717, 1.165) is 11.1 Å². The molecule has 1 N–H and O–H groups in total. The number of nitrogens with one attached hydrogen (secondary N) is 1. The first-order valence-corrected chi connectivity index (χ1v) is 13.3. The minimum absolute atomic E-state index is 0.00199. The smallest absolute Gasteiger partial charge is 0.269 e. The van der Waals surface area contributed by atoms with E-state index >= 15 is 0 Å². The summed E-state index contributed by atoms with van der Waals surface area (Å²) in [6.07, 6.45) is 1.46. The normalized spacial score (nSPS) is 10.8. The van der Waals surface area contributed by atoms with E-state index in [0.29, 0.717) is 46.7 Å². The molecule has 42 heavy (non-hydrogen) atoms. The number of nitriles is 1. The van der Waals surface area contributed by atoms with E-state index in [9.17, 15) is 20.2 Å². The minimum Gasteiger partial charge on any atom is -0.490 e. The third kappa shape index (κ3) is 8.10. The van der Waals surface area contributed by atoms with E-state index in [-0.39, 0.29) is 17.9 Å². The van der Waals surface area contributed by atoms with Crippen molar-refractivity contribution >= 4 is 35.0 Å². The summed E-state index contributed by atoms with van der Waals surface area (Å²) in [5.41, 5.74) is 2.56. The second-order valence-corrected chi connectivity index (χ2v) is 9.29. The van der Waals surface area contributed by atoms with Crippen LogP contribution >= 0.6 is 11.6 Å². The molecule has 0 aromatic heterocycles. The number of halogens is 1. The summed E-state index contributed by atoms with van der Waals surface area (Å²) in [6, 6.07) is 27.2. The Morgan fingerprint density at radius 2 is 1.69 bits per heavy atom. The average Bonchev–Trinajstić information content (AvgIpc) is 3.00. The number of hydrogen-bond acceptors (Lipinski definition) is 7. The second-order valence-electron chi connectivity index (χ2n) is 8.88. The molecule has 0 fully saturated rings. The van der Waals surface area contributed by atoms with Gasteiger partial charge in [-0.25, -0.2) is 0 Å². The highest BCUT2D eigenvalue weighted by atomic mass is 35.5. The fourth-order valence-electron chi connectivity index (χ4n) is 3.80. The van der Waals surface area contributed by atoms with Crippen molar-refractivity contribution in [2.24, 2.45) is 0 Å². The molecule has 0 aliphatic carbocycles. The highest BCUT2D eigenvalue weighted by Crippen LogP contribution is 2.30. The number of non-ortho nitro benzene ring substituents is 1. The Bertz CT molecular complexity index is 1630. The zero-order valence-electron chi connectivity index (χ0n) is 22.6. The maximum absolute atomic E-state index is 12.8. The highest BCUT2D eigenvalue weighted by Gasteiger charge is 2.13. The van der Waals surface area contributed by atoms with E-state index in [1.54, 1.807) is 60.7 Å². The van der Waals surface area contributed by atoms with Crippen molar-refractivity contribution in [2.45, 2.75) is 20.1 Å². The van der Waals surface area contributed by atoms with Crippen molar-refractivity contribution in [1.29, 1.82) is 5.26 Å². The predicted molar refractivity (Wildman–Crippen MR) is 159 cm³/mol. The zero-order valence-corrected chi connectivity index (χ0v) is 23.3. The molecule has 0 saturated carbocycles. The molecular weight excluding hydrogens is 558 g/mol. The summed E-state index contributed by atoms with van der Waals surface area (Å²) in [4.78, 5) is 23.2. The zero-order chi connectivity index (χ0) is 29.9. The van der Waals surface area contributed by atoms with Gasteiger partial charge in [-0.05, 0) is 78.7 Å². The maximum Gasteiger partial charge on any atom is 0.269 e. The average molecular weight is 584 g/mol. The molecule has 0 bridgehead atoms. The standard InChI is InChI=1S/C32H26ClN3O6/c1-2-40-31-18-23(9-16-30(31)42-20-22-7-12-27(13-8-22)36(38)39)17-25(19-34)32(37)35-26-10-14-28(15-11-26)41-21-24-5-3-4-6-29(24)33/h3-18H,2,20-21H2,1H3,(H,35,37)/b25-17+. The van der Waals surface area contributed by atoms with E-state index in [1.165, 1.54) is 18.2 Å². The lowest BCUT2D eigenvalue weighted by molar-refractivity contribution is -0.384. The van der Waals surface area contributed by atoms with Gasteiger partial charge in [0.1, 0.15) is 30.6 Å². The van der Waals surface area contributed by atoms with Crippen LogP contribution in [0.2, 0.25) is 5.02 Å². The Labute approximate surface area is 247 Å². The molecule has 4 aromatic carbocycles. The van der Waals surface area contributed by atoms with E-state index < -0.39 is 10.8 Å². The molecule has 10 heteroatoms. The van der Waals surface area contributed by atoms with Crippen LogP contribution in [0.15, 0.2) is 96.6 Å². The van der Waals surface area contributed by atoms with Crippen LogP contribution in [0.4, 0.5) is 11.4 Å². The fourth-order valence-corrected chi connectivity index (χ4v) is 3.99. The first-order chi connectivity index (χ1) is 20.4. The molecule has 0 aliphatic heterocycles. The molecular formula is C32H26ClN3O6. The number of nitro groups is 1. The quantitative estimate of drug-likeness (QED) is 0.0800. The first kappa shape index (κ1) is 29.6. The van der Waals surface area contributed by atoms with Crippen LogP contribution in [0.1, 0.15) is 23.6 Å². The summed E-state index contributed by atoms with van der Waals surface area (Å²) in [5.74, 6) is 0.910. The van der Waals surface area contributed by atoms with Gasteiger partial charge in [-0.15, -0.1) is 0 Å². The lowest BCUT2D eigenvalue weighted by Gasteiger charge is -2.13. The summed E-state index contributed by atoms with van der Waals surface area (Å²) < 4.78 is 17.3. The van der Waals surface area contributed by atoms with Crippen LogP contribution in [0.5, 0.6) is 17.2 Å². The largest absolute Gasteiger partial charge is 0.490 e. The van der Waals surface area contributed by atoms with Crippen molar-refractivity contribution in [2.75, 3.05) is 11.9 Å². The van der Waals surface area contributed by atoms with E-state index in [4.69, 9.17) is 25.8 Å². The van der Waals surface area contributed by atoms with Gasteiger partial charge in [-0.2, -0.15) is 5.26 Å². The molecule has 0 radical (unpaired) electrons. The third-order valence-electron chi connectivity index (χ3n) is 5.95. The molecule has 0 atom stereocenters. The summed E-state index contributed by atoms with van der Waals surface area (Å²) in [7, 11) is 0. The number of benzene rings is 4. The number of amides is 1. The monoisotopic (exact) mass is 583 g/mol. The summed E-state index contributed by atoms with van der Waals surface area (Å²) in [5, 5.41) is 23.9. The highest BCUT2D eigenvalue weighted by molar-refractivity contribution is 6.31. The Morgan fingerprint density at radius 1 is 0.952 bits per heavy atom. The fraction of sp³-hybridized carbons (Fsp3) is 0.125. The molecule has 0 unspecified atom stereocenters. The van der Waals surface area contributed by atoms with E-state index in [2.05, 4.69) is 5.32 Å². The molecule has 9 nitrogen and oxygen atoms in total. The van der Waals surface area contributed by atoms with Gasteiger partial charge in [0.05, 0.1) is 11.5 Å². The Morgan fingerprint density at radius 3 is 2.36 bits per heavy atom. The maximum atomic E-state index is 12.8. The first-order valence-electron chi connectivity index (χ1n) is 12.9. The minimum atomic E-state index is -0.571. The number of carbonyl (C=O) groups excluding carboxylic acids is 1. The molecule has 212 valence electrons. The van der Waals surface area contributed by atoms with Gasteiger partial charge in [0.15, 0.2) is 11.5 Å². The predicted octanol–water partition coefficient (Wildman–Crippen LogP) is 7.35. The molecule has 0 saturated heterocycles. The Hall–Kier alpha value is -5.33. The molecule has 4 aromatic rings. The Balaban J connectivity index is 1.40. The molecule has 0 spiro atoms. The number of nitro benzene ring substituents is 1. The van der Waals surface area contributed by atoms with Crippen LogP contribution in [0.25, 0.3) is 6.08 Å². The SMILES string of the molecule is CCOc1cc(/C=C(\C#N)C(=O)Nc2ccc(OCc3ccccc3Cl)cc2)ccc1OCc1ccc([N+](=O)[O-])cc1. The van der Waals surface area contributed by atoms with Gasteiger partial charge in [0.2, 0.25) is 0 Å². The van der Waals surface area contributed by atoms with Crippen molar-refractivity contribution in [3.8, 4) is 23.3 Å². The number of nitrogens with zero attached hydrogens (tertiary/aromatic N) is 2. The lowest BCUT2D eigenvalue weighted by atomic mass is 10.1. The molecule has 1 amide bonds. The lowest BCUT2D eigenvalue weighted by Crippen LogP contribution is -2.13. The van der Waals surface area contributed by atoms with Crippen LogP contribution in [-0.2, 0) is 18.0 Å². The van der Waals surface area contributed by atoms with Crippen LogP contribution in [0.3, 0.4) is 0 Å². The van der Waals surface area contributed by atoms with Crippen molar-refractivity contribution in [3.63, 3.8) is 0 Å². The number of hydrogen-bond donors (Lipinski definition) is 1. The summed E-state index contributed by atoms with van der Waals surface area (Å²) >= 11 is 6.17. The number of anilines is 1. The third-order valence-corrected chi connectivity index (χ3v) is 6.32.